The Labute approximate surface area is 76.6 Å². The average Bonchev–Trinajstić information content (AvgIpc) is 2.35. The summed E-state index contributed by atoms with van der Waals surface area (Å²) < 4.78 is 5.75. The van der Waals surface area contributed by atoms with Crippen LogP contribution in [0, 0.1) is 0 Å². The van der Waals surface area contributed by atoms with E-state index in [0.29, 0.717) is 5.06 Å². The molecule has 0 aromatic carbocycles. The molecule has 11 heavy (non-hydrogen) atoms. The van der Waals surface area contributed by atoms with Crippen LogP contribution in [-0.4, -0.2) is 5.97 Å². The van der Waals surface area contributed by atoms with Crippen LogP contribution < -0.4 is 4.74 Å². The quantitative estimate of drug-likeness (QED) is 0.579. The molecule has 0 saturated heterocycles. The average molecular weight is 233 g/mol. The maximum absolute atomic E-state index is 10.6. The highest BCUT2D eigenvalue weighted by Gasteiger charge is 2.01. The lowest BCUT2D eigenvalue weighted by Gasteiger charge is -1.93. The van der Waals surface area contributed by atoms with Crippen molar-refractivity contribution in [3.63, 3.8) is 0 Å². The highest BCUT2D eigenvalue weighted by molar-refractivity contribution is 9.11. The van der Waals surface area contributed by atoms with E-state index in [9.17, 15) is 4.79 Å². The molecule has 0 bridgehead atoms. The zero-order valence-corrected chi connectivity index (χ0v) is 7.94. The first kappa shape index (κ1) is 8.49. The number of carbonyl (C=O) groups excluding carboxylic acids is 1. The number of thiophene rings is 1. The molecule has 1 heterocycles. The van der Waals surface area contributed by atoms with Gasteiger partial charge in [-0.2, -0.15) is 0 Å². The minimum absolute atomic E-state index is 0.431. The molecule has 1 aromatic heterocycles. The number of hydrogen-bond acceptors (Lipinski definition) is 3. The molecule has 0 atom stereocenters. The van der Waals surface area contributed by atoms with Crippen molar-refractivity contribution in [2.45, 2.75) is 0 Å². The van der Waals surface area contributed by atoms with Crippen LogP contribution >= 0.6 is 27.3 Å². The second-order valence-electron chi connectivity index (χ2n) is 1.68. The maximum Gasteiger partial charge on any atom is 0.336 e. The molecular formula is C7H5BrO2S. The summed E-state index contributed by atoms with van der Waals surface area (Å²) in [4.78, 5) is 10.6. The molecule has 2 nitrogen and oxygen atoms in total. The van der Waals surface area contributed by atoms with Crippen LogP contribution in [0.4, 0.5) is 0 Å². The standard InChI is InChI=1S/C7H5BrO2S/c1-2-6(9)10-7-4-3-5(8)11-7/h2-4H,1H2. The predicted octanol–water partition coefficient (Wildman–Crippen LogP) is 2.60. The normalized spacial score (nSPS) is 9.18. The zero-order chi connectivity index (χ0) is 8.27. The summed E-state index contributed by atoms with van der Waals surface area (Å²) in [6.45, 7) is 3.28. The Morgan fingerprint density at radius 3 is 2.91 bits per heavy atom. The number of hydrogen-bond donors (Lipinski definition) is 0. The number of rotatable bonds is 2. The van der Waals surface area contributed by atoms with Crippen LogP contribution in [0.25, 0.3) is 0 Å². The number of carbonyl (C=O) groups is 1. The van der Waals surface area contributed by atoms with Crippen molar-refractivity contribution < 1.29 is 9.53 Å². The second kappa shape index (κ2) is 3.69. The second-order valence-corrected chi connectivity index (χ2v) is 4.11. The minimum atomic E-state index is -0.431. The largest absolute Gasteiger partial charge is 0.412 e. The maximum atomic E-state index is 10.6. The number of ether oxygens (including phenoxy) is 1. The Balaban J connectivity index is 2.64. The Bertz CT molecular complexity index is 280. The smallest absolute Gasteiger partial charge is 0.336 e. The fourth-order valence-corrected chi connectivity index (χ4v) is 1.69. The monoisotopic (exact) mass is 232 g/mol. The van der Waals surface area contributed by atoms with Gasteiger partial charge in [-0.15, -0.1) is 0 Å². The van der Waals surface area contributed by atoms with E-state index < -0.39 is 5.97 Å². The van der Waals surface area contributed by atoms with Crippen molar-refractivity contribution in [3.05, 3.63) is 28.6 Å². The third kappa shape index (κ3) is 2.48. The molecular weight excluding hydrogens is 228 g/mol. The topological polar surface area (TPSA) is 26.3 Å². The molecule has 0 fully saturated rings. The minimum Gasteiger partial charge on any atom is -0.412 e. The Hall–Kier alpha value is -0.610. The van der Waals surface area contributed by atoms with E-state index in [1.54, 1.807) is 6.07 Å². The van der Waals surface area contributed by atoms with Crippen molar-refractivity contribution in [2.75, 3.05) is 0 Å². The predicted molar refractivity (Wildman–Crippen MR) is 47.9 cm³/mol. The van der Waals surface area contributed by atoms with Gasteiger partial charge in [-0.3, -0.25) is 0 Å². The van der Waals surface area contributed by atoms with Gasteiger partial charge in [0.25, 0.3) is 0 Å². The first-order chi connectivity index (χ1) is 5.22. The van der Waals surface area contributed by atoms with Gasteiger partial charge >= 0.3 is 5.97 Å². The summed E-state index contributed by atoms with van der Waals surface area (Å²) in [7, 11) is 0. The lowest BCUT2D eigenvalue weighted by atomic mass is 10.6. The summed E-state index contributed by atoms with van der Waals surface area (Å²) in [5.41, 5.74) is 0. The van der Waals surface area contributed by atoms with E-state index in [2.05, 4.69) is 22.5 Å². The van der Waals surface area contributed by atoms with Gasteiger partial charge < -0.3 is 4.74 Å². The fraction of sp³-hybridized carbons (Fsp3) is 0. The summed E-state index contributed by atoms with van der Waals surface area (Å²) in [5.74, 6) is -0.431. The molecule has 58 valence electrons. The summed E-state index contributed by atoms with van der Waals surface area (Å²) in [6, 6.07) is 3.53. The van der Waals surface area contributed by atoms with E-state index >= 15 is 0 Å². The molecule has 0 aliphatic heterocycles. The molecule has 1 aromatic rings. The lowest BCUT2D eigenvalue weighted by molar-refractivity contribution is -0.128. The van der Waals surface area contributed by atoms with Crippen molar-refractivity contribution in [1.29, 1.82) is 0 Å². The molecule has 0 amide bonds. The van der Waals surface area contributed by atoms with Gasteiger partial charge in [0.1, 0.15) is 0 Å². The van der Waals surface area contributed by atoms with Crippen LogP contribution in [-0.2, 0) is 4.79 Å². The van der Waals surface area contributed by atoms with Crippen molar-refractivity contribution in [1.82, 2.24) is 0 Å². The van der Waals surface area contributed by atoms with Crippen LogP contribution in [0.15, 0.2) is 28.6 Å². The molecule has 0 aliphatic rings. The third-order valence-corrected chi connectivity index (χ3v) is 2.42. The van der Waals surface area contributed by atoms with Crippen LogP contribution in [0.1, 0.15) is 0 Å². The summed E-state index contributed by atoms with van der Waals surface area (Å²) >= 11 is 4.60. The molecule has 4 heteroatoms. The van der Waals surface area contributed by atoms with E-state index in [1.165, 1.54) is 11.3 Å². The highest BCUT2D eigenvalue weighted by atomic mass is 79.9. The molecule has 0 aliphatic carbocycles. The number of halogens is 1. The van der Waals surface area contributed by atoms with E-state index in [4.69, 9.17) is 4.74 Å². The van der Waals surface area contributed by atoms with Gasteiger partial charge in [-0.05, 0) is 28.1 Å². The number of esters is 1. The van der Waals surface area contributed by atoms with Gasteiger partial charge in [-0.25, -0.2) is 4.79 Å². The van der Waals surface area contributed by atoms with E-state index in [0.717, 1.165) is 9.86 Å². The van der Waals surface area contributed by atoms with Gasteiger partial charge in [0.05, 0.1) is 3.79 Å². The molecule has 0 unspecified atom stereocenters. The fourth-order valence-electron chi connectivity index (χ4n) is 0.493. The van der Waals surface area contributed by atoms with E-state index in [1.807, 2.05) is 6.07 Å². The van der Waals surface area contributed by atoms with Crippen molar-refractivity contribution in [3.8, 4) is 5.06 Å². The zero-order valence-electron chi connectivity index (χ0n) is 5.54. The van der Waals surface area contributed by atoms with Crippen molar-refractivity contribution >= 4 is 33.2 Å². The first-order valence-electron chi connectivity index (χ1n) is 2.82. The van der Waals surface area contributed by atoms with Crippen LogP contribution in [0.3, 0.4) is 0 Å². The lowest BCUT2D eigenvalue weighted by Crippen LogP contribution is -2.00. The van der Waals surface area contributed by atoms with Crippen molar-refractivity contribution in [2.24, 2.45) is 0 Å². The Kier molecular flexibility index (Phi) is 2.84. The Morgan fingerprint density at radius 1 is 1.73 bits per heavy atom. The van der Waals surface area contributed by atoms with Crippen LogP contribution in [0.5, 0.6) is 5.06 Å². The third-order valence-electron chi connectivity index (χ3n) is 0.916. The Morgan fingerprint density at radius 2 is 2.45 bits per heavy atom. The molecule has 1 rings (SSSR count). The molecule has 0 spiro atoms. The molecule has 0 radical (unpaired) electrons. The van der Waals surface area contributed by atoms with E-state index in [-0.39, 0.29) is 0 Å². The van der Waals surface area contributed by atoms with Gasteiger partial charge in [0, 0.05) is 6.08 Å². The summed E-state index contributed by atoms with van der Waals surface area (Å²) in [6.07, 6.45) is 1.13. The SMILES string of the molecule is C=CC(=O)Oc1ccc(Br)s1. The summed E-state index contributed by atoms with van der Waals surface area (Å²) in [5, 5.41) is 0.571. The van der Waals surface area contributed by atoms with Gasteiger partial charge in [-0.1, -0.05) is 17.9 Å². The van der Waals surface area contributed by atoms with Gasteiger partial charge in [0.2, 0.25) is 0 Å². The van der Waals surface area contributed by atoms with Crippen LogP contribution in [0.2, 0.25) is 0 Å². The van der Waals surface area contributed by atoms with Gasteiger partial charge in [0.15, 0.2) is 5.06 Å². The highest BCUT2D eigenvalue weighted by Crippen LogP contribution is 2.28. The first-order valence-corrected chi connectivity index (χ1v) is 4.43. The molecule has 0 N–H and O–H groups in total. The molecule has 0 saturated carbocycles.